The maximum absolute atomic E-state index is 5.89. The van der Waals surface area contributed by atoms with Crippen LogP contribution in [0.4, 0.5) is 5.69 Å². The van der Waals surface area contributed by atoms with E-state index in [1.165, 1.54) is 37.0 Å². The summed E-state index contributed by atoms with van der Waals surface area (Å²) in [6.45, 7) is 3.26. The van der Waals surface area contributed by atoms with Crippen molar-refractivity contribution in [3.05, 3.63) is 24.0 Å². The van der Waals surface area contributed by atoms with Crippen molar-refractivity contribution in [3.63, 3.8) is 0 Å². The van der Waals surface area contributed by atoms with Crippen LogP contribution in [0.2, 0.25) is 0 Å². The lowest BCUT2D eigenvalue weighted by molar-refractivity contribution is 0.502. The van der Waals surface area contributed by atoms with Gasteiger partial charge in [-0.05, 0) is 37.3 Å². The first kappa shape index (κ1) is 13.8. The second-order valence-corrected chi connectivity index (χ2v) is 7.08. The number of nitrogens with zero attached hydrogens (tertiary/aromatic N) is 2. The number of aromatic nitrogens is 2. The maximum Gasteiger partial charge on any atom is 0.109 e. The molecule has 1 saturated carbocycles. The van der Waals surface area contributed by atoms with Gasteiger partial charge >= 0.3 is 0 Å². The van der Waals surface area contributed by atoms with E-state index in [9.17, 15) is 0 Å². The zero-order valence-electron chi connectivity index (χ0n) is 12.4. The number of fused-ring (bicyclic) bond motifs is 1. The highest BCUT2D eigenvalue weighted by Gasteiger charge is 2.34. The van der Waals surface area contributed by atoms with Crippen LogP contribution in [0.5, 0.6) is 0 Å². The van der Waals surface area contributed by atoms with E-state index in [-0.39, 0.29) is 0 Å². The molecule has 0 spiro atoms. The van der Waals surface area contributed by atoms with E-state index in [1.54, 1.807) is 0 Å². The Morgan fingerprint density at radius 2 is 2.10 bits per heavy atom. The molecule has 0 radical (unpaired) electrons. The molecular formula is C16H23N3S. The molecular weight excluding hydrogens is 266 g/mol. The Kier molecular flexibility index (Phi) is 3.67. The molecule has 4 heteroatoms. The van der Waals surface area contributed by atoms with Crippen molar-refractivity contribution >= 4 is 28.5 Å². The second-order valence-electron chi connectivity index (χ2n) is 5.81. The Labute approximate surface area is 124 Å². The molecule has 1 aromatic heterocycles. The second kappa shape index (κ2) is 5.32. The molecule has 1 aliphatic carbocycles. The average molecular weight is 289 g/mol. The van der Waals surface area contributed by atoms with Crippen molar-refractivity contribution in [3.8, 4) is 0 Å². The van der Waals surface area contributed by atoms with E-state index in [4.69, 9.17) is 10.7 Å². The number of rotatable bonds is 4. The highest BCUT2D eigenvalue weighted by atomic mass is 32.2. The minimum Gasteiger partial charge on any atom is -0.399 e. The van der Waals surface area contributed by atoms with Gasteiger partial charge in [-0.25, -0.2) is 4.98 Å². The van der Waals surface area contributed by atoms with Crippen LogP contribution in [-0.2, 0) is 13.0 Å². The van der Waals surface area contributed by atoms with Gasteiger partial charge in [-0.15, -0.1) is 0 Å². The summed E-state index contributed by atoms with van der Waals surface area (Å²) >= 11 is 2.04. The van der Waals surface area contributed by atoms with E-state index in [0.29, 0.717) is 4.75 Å². The average Bonchev–Trinajstić information content (AvgIpc) is 3.04. The van der Waals surface area contributed by atoms with Crippen molar-refractivity contribution in [2.75, 3.05) is 12.0 Å². The van der Waals surface area contributed by atoms with Crippen LogP contribution in [0.15, 0.2) is 18.2 Å². The molecule has 3 nitrogen and oxygen atoms in total. The summed E-state index contributed by atoms with van der Waals surface area (Å²) in [4.78, 5) is 4.77. The number of nitrogens with two attached hydrogens (primary N) is 1. The van der Waals surface area contributed by atoms with Gasteiger partial charge in [0.25, 0.3) is 0 Å². The highest BCUT2D eigenvalue weighted by Crippen LogP contribution is 2.42. The van der Waals surface area contributed by atoms with Crippen LogP contribution in [0.25, 0.3) is 11.0 Å². The number of benzene rings is 1. The first-order valence-electron chi connectivity index (χ1n) is 7.47. The molecule has 2 N–H and O–H groups in total. The van der Waals surface area contributed by atoms with Gasteiger partial charge in [0.15, 0.2) is 0 Å². The van der Waals surface area contributed by atoms with Crippen LogP contribution in [0.1, 0.15) is 38.4 Å². The monoisotopic (exact) mass is 289 g/mol. The highest BCUT2D eigenvalue weighted by molar-refractivity contribution is 8.00. The number of hydrogen-bond acceptors (Lipinski definition) is 3. The van der Waals surface area contributed by atoms with Gasteiger partial charge in [-0.3, -0.25) is 0 Å². The number of anilines is 1. The van der Waals surface area contributed by atoms with E-state index < -0.39 is 0 Å². The summed E-state index contributed by atoms with van der Waals surface area (Å²) < 4.78 is 2.83. The zero-order chi connectivity index (χ0) is 14.2. The summed E-state index contributed by atoms with van der Waals surface area (Å²) in [5.74, 6) is 1.19. The van der Waals surface area contributed by atoms with Gasteiger partial charge in [-0.1, -0.05) is 19.8 Å². The normalized spacial score (nSPS) is 17.9. The largest absolute Gasteiger partial charge is 0.399 e. The smallest absolute Gasteiger partial charge is 0.109 e. The summed E-state index contributed by atoms with van der Waals surface area (Å²) in [6, 6.07) is 6.10. The molecule has 0 amide bonds. The molecule has 0 saturated heterocycles. The zero-order valence-corrected chi connectivity index (χ0v) is 13.2. The fraction of sp³-hybridized carbons (Fsp3) is 0.562. The lowest BCUT2D eigenvalue weighted by atomic mass is 10.1. The Morgan fingerprint density at radius 3 is 2.75 bits per heavy atom. The van der Waals surface area contributed by atoms with Crippen LogP contribution >= 0.6 is 11.8 Å². The van der Waals surface area contributed by atoms with Crippen LogP contribution in [0.3, 0.4) is 0 Å². The Bertz CT molecular complexity index is 611. The predicted molar refractivity (Wildman–Crippen MR) is 88.2 cm³/mol. The molecule has 1 aromatic carbocycles. The summed E-state index contributed by atoms with van der Waals surface area (Å²) in [7, 11) is 0. The van der Waals surface area contributed by atoms with Crippen molar-refractivity contribution < 1.29 is 0 Å². The van der Waals surface area contributed by atoms with Gasteiger partial charge in [0.05, 0.1) is 11.0 Å². The number of thioether (sulfide) groups is 1. The Balaban J connectivity index is 2.05. The van der Waals surface area contributed by atoms with Crippen molar-refractivity contribution in [2.45, 2.75) is 50.3 Å². The van der Waals surface area contributed by atoms with Crippen LogP contribution < -0.4 is 5.73 Å². The van der Waals surface area contributed by atoms with Crippen molar-refractivity contribution in [1.29, 1.82) is 0 Å². The van der Waals surface area contributed by atoms with Crippen LogP contribution in [0, 0.1) is 0 Å². The topological polar surface area (TPSA) is 43.8 Å². The minimum absolute atomic E-state index is 0.402. The number of aryl methyl sites for hydroxylation is 1. The Morgan fingerprint density at radius 1 is 1.35 bits per heavy atom. The number of nitrogen functional groups attached to an aromatic ring is 1. The lowest BCUT2D eigenvalue weighted by Crippen LogP contribution is -2.27. The maximum atomic E-state index is 5.89. The molecule has 1 heterocycles. The molecule has 0 bridgehead atoms. The molecule has 1 aliphatic rings. The quantitative estimate of drug-likeness (QED) is 0.869. The van der Waals surface area contributed by atoms with Crippen LogP contribution in [-0.4, -0.2) is 20.6 Å². The number of imidazole rings is 1. The van der Waals surface area contributed by atoms with E-state index in [0.717, 1.165) is 24.2 Å². The fourth-order valence-electron chi connectivity index (χ4n) is 3.38. The molecule has 1 fully saturated rings. The van der Waals surface area contributed by atoms with Crippen molar-refractivity contribution in [1.82, 2.24) is 9.55 Å². The van der Waals surface area contributed by atoms with Crippen molar-refractivity contribution in [2.24, 2.45) is 0 Å². The molecule has 108 valence electrons. The van der Waals surface area contributed by atoms with Gasteiger partial charge in [0, 0.05) is 23.4 Å². The van der Waals surface area contributed by atoms with Gasteiger partial charge in [-0.2, -0.15) is 11.8 Å². The standard InChI is InChI=1S/C16H23N3S/c1-3-15-18-13-10-12(17)6-7-14(13)19(15)11-16(20-2)8-4-5-9-16/h6-7,10H,3-5,8-9,11,17H2,1-2H3. The van der Waals surface area contributed by atoms with E-state index in [1.807, 2.05) is 23.9 Å². The van der Waals surface area contributed by atoms with Gasteiger partial charge in [0.1, 0.15) is 5.82 Å². The third-order valence-corrected chi connectivity index (χ3v) is 5.97. The third-order valence-electron chi connectivity index (χ3n) is 4.56. The third kappa shape index (κ3) is 2.30. The number of hydrogen-bond donors (Lipinski definition) is 1. The SMILES string of the molecule is CCc1nc2cc(N)ccc2n1CC1(SC)CCCC1. The molecule has 0 unspecified atom stereocenters. The molecule has 3 rings (SSSR count). The molecule has 20 heavy (non-hydrogen) atoms. The van der Waals surface area contributed by atoms with E-state index in [2.05, 4.69) is 23.8 Å². The Hall–Kier alpha value is -1.16. The minimum atomic E-state index is 0.402. The van der Waals surface area contributed by atoms with Gasteiger partial charge in [0.2, 0.25) is 0 Å². The summed E-state index contributed by atoms with van der Waals surface area (Å²) in [5.41, 5.74) is 8.95. The summed E-state index contributed by atoms with van der Waals surface area (Å²) in [5, 5.41) is 0. The molecule has 0 aliphatic heterocycles. The molecule has 0 atom stereocenters. The lowest BCUT2D eigenvalue weighted by Gasteiger charge is -2.28. The van der Waals surface area contributed by atoms with E-state index >= 15 is 0 Å². The van der Waals surface area contributed by atoms with Gasteiger partial charge < -0.3 is 10.3 Å². The molecule has 2 aromatic rings. The summed E-state index contributed by atoms with van der Waals surface area (Å²) in [6.07, 6.45) is 8.61. The first-order chi connectivity index (χ1) is 9.67. The fourth-order valence-corrected chi connectivity index (χ4v) is 4.33. The first-order valence-corrected chi connectivity index (χ1v) is 8.70. The predicted octanol–water partition coefficient (Wildman–Crippen LogP) is 3.86.